The molecule has 0 aromatic carbocycles. The Morgan fingerprint density at radius 1 is 1.45 bits per heavy atom. The Morgan fingerprint density at radius 2 is 2.27 bits per heavy atom. The topological polar surface area (TPSA) is 40.5 Å². The van der Waals surface area contributed by atoms with Crippen LogP contribution in [0.25, 0.3) is 0 Å². The molecule has 1 N–H and O–H groups in total. The molecule has 0 aliphatic carbocycles. The zero-order chi connectivity index (χ0) is 8.10. The molecule has 1 heterocycles. The molecule has 0 aromatic heterocycles. The lowest BCUT2D eigenvalue weighted by Crippen LogP contribution is -2.22. The van der Waals surface area contributed by atoms with Crippen molar-refractivity contribution in [2.45, 2.75) is 19.3 Å². The van der Waals surface area contributed by atoms with Crippen LogP contribution < -0.4 is 0 Å². The van der Waals surface area contributed by atoms with Crippen molar-refractivity contribution in [3.05, 3.63) is 0 Å². The molecule has 1 amide bonds. The van der Waals surface area contributed by atoms with Crippen LogP contribution in [0.5, 0.6) is 0 Å². The van der Waals surface area contributed by atoms with Gasteiger partial charge in [-0.05, 0) is 25.2 Å². The van der Waals surface area contributed by atoms with Gasteiger partial charge in [-0.2, -0.15) is 0 Å². The number of hydrogen-bond acceptors (Lipinski definition) is 2. The van der Waals surface area contributed by atoms with Crippen molar-refractivity contribution in [2.75, 3.05) is 19.7 Å². The summed E-state index contributed by atoms with van der Waals surface area (Å²) in [6, 6.07) is 0. The number of nitrogens with zero attached hydrogens (tertiary/aromatic N) is 1. The van der Waals surface area contributed by atoms with E-state index in [-0.39, 0.29) is 6.61 Å². The van der Waals surface area contributed by atoms with Crippen LogP contribution in [0.3, 0.4) is 0 Å². The van der Waals surface area contributed by atoms with E-state index in [0.29, 0.717) is 5.92 Å². The molecule has 64 valence electrons. The van der Waals surface area contributed by atoms with Crippen LogP contribution in [0.2, 0.25) is 0 Å². The van der Waals surface area contributed by atoms with E-state index in [4.69, 9.17) is 5.11 Å². The summed E-state index contributed by atoms with van der Waals surface area (Å²) >= 11 is 0. The van der Waals surface area contributed by atoms with Gasteiger partial charge in [0.05, 0.1) is 0 Å². The summed E-state index contributed by atoms with van der Waals surface area (Å²) in [5.41, 5.74) is 0. The Labute approximate surface area is 67.0 Å². The molecule has 1 atom stereocenters. The summed E-state index contributed by atoms with van der Waals surface area (Å²) in [5.74, 6) is 0.417. The summed E-state index contributed by atoms with van der Waals surface area (Å²) in [7, 11) is 0. The zero-order valence-electron chi connectivity index (χ0n) is 6.70. The van der Waals surface area contributed by atoms with Crippen molar-refractivity contribution >= 4 is 6.41 Å². The van der Waals surface area contributed by atoms with Crippen LogP contribution in [0.4, 0.5) is 0 Å². The van der Waals surface area contributed by atoms with Gasteiger partial charge in [0, 0.05) is 19.7 Å². The fraction of sp³-hybridized carbons (Fsp3) is 0.875. The second-order valence-electron chi connectivity index (χ2n) is 3.12. The van der Waals surface area contributed by atoms with Gasteiger partial charge < -0.3 is 10.0 Å². The standard InChI is InChI=1S/C8H15NO2/c10-6-8-2-1-4-9(7-11)5-3-8/h7-8,10H,1-6H2. The molecular formula is C8H15NO2. The molecule has 1 unspecified atom stereocenters. The number of carbonyl (C=O) groups is 1. The minimum absolute atomic E-state index is 0.271. The van der Waals surface area contributed by atoms with Crippen molar-refractivity contribution in [2.24, 2.45) is 5.92 Å². The third-order valence-corrected chi connectivity index (χ3v) is 2.29. The number of carbonyl (C=O) groups excluding carboxylic acids is 1. The first-order chi connectivity index (χ1) is 5.36. The highest BCUT2D eigenvalue weighted by molar-refractivity contribution is 5.46. The average Bonchev–Trinajstić information content (AvgIpc) is 2.28. The molecule has 0 aromatic rings. The summed E-state index contributed by atoms with van der Waals surface area (Å²) in [5, 5.41) is 8.87. The van der Waals surface area contributed by atoms with Gasteiger partial charge in [-0.3, -0.25) is 4.79 Å². The fourth-order valence-corrected chi connectivity index (χ4v) is 1.48. The average molecular weight is 157 g/mol. The first kappa shape index (κ1) is 8.53. The Balaban J connectivity index is 2.32. The van der Waals surface area contributed by atoms with Crippen LogP contribution in [-0.2, 0) is 4.79 Å². The van der Waals surface area contributed by atoms with E-state index in [0.717, 1.165) is 38.8 Å². The van der Waals surface area contributed by atoms with E-state index in [1.54, 1.807) is 4.90 Å². The fourth-order valence-electron chi connectivity index (χ4n) is 1.48. The van der Waals surface area contributed by atoms with Gasteiger partial charge in [0.15, 0.2) is 0 Å². The summed E-state index contributed by atoms with van der Waals surface area (Å²) < 4.78 is 0. The molecule has 0 radical (unpaired) electrons. The van der Waals surface area contributed by atoms with Gasteiger partial charge in [-0.25, -0.2) is 0 Å². The van der Waals surface area contributed by atoms with E-state index in [1.807, 2.05) is 0 Å². The van der Waals surface area contributed by atoms with Gasteiger partial charge in [-0.1, -0.05) is 0 Å². The van der Waals surface area contributed by atoms with Gasteiger partial charge in [0.2, 0.25) is 6.41 Å². The highest BCUT2D eigenvalue weighted by atomic mass is 16.3. The van der Waals surface area contributed by atoms with E-state index in [2.05, 4.69) is 0 Å². The molecule has 1 fully saturated rings. The maximum absolute atomic E-state index is 10.4. The lowest BCUT2D eigenvalue weighted by atomic mass is 10.0. The largest absolute Gasteiger partial charge is 0.396 e. The number of amides is 1. The van der Waals surface area contributed by atoms with Crippen LogP contribution in [0.15, 0.2) is 0 Å². The molecule has 0 saturated carbocycles. The third-order valence-electron chi connectivity index (χ3n) is 2.29. The molecule has 3 heteroatoms. The van der Waals surface area contributed by atoms with E-state index in [9.17, 15) is 4.79 Å². The van der Waals surface area contributed by atoms with Crippen LogP contribution in [0, 0.1) is 5.92 Å². The molecule has 3 nitrogen and oxygen atoms in total. The molecule has 1 saturated heterocycles. The zero-order valence-corrected chi connectivity index (χ0v) is 6.70. The van der Waals surface area contributed by atoms with E-state index < -0.39 is 0 Å². The van der Waals surface area contributed by atoms with Gasteiger partial charge in [-0.15, -0.1) is 0 Å². The van der Waals surface area contributed by atoms with Crippen LogP contribution in [0.1, 0.15) is 19.3 Å². The lowest BCUT2D eigenvalue weighted by molar-refractivity contribution is -0.118. The molecule has 0 spiro atoms. The predicted octanol–water partition coefficient (Wildman–Crippen LogP) is 0.237. The van der Waals surface area contributed by atoms with Crippen molar-refractivity contribution in [1.29, 1.82) is 0 Å². The Morgan fingerprint density at radius 3 is 2.91 bits per heavy atom. The van der Waals surface area contributed by atoms with Crippen LogP contribution >= 0.6 is 0 Å². The highest BCUT2D eigenvalue weighted by Crippen LogP contribution is 2.15. The van der Waals surface area contributed by atoms with Crippen LogP contribution in [-0.4, -0.2) is 36.1 Å². The van der Waals surface area contributed by atoms with E-state index in [1.165, 1.54) is 0 Å². The second kappa shape index (κ2) is 4.34. The SMILES string of the molecule is O=CN1CCCC(CO)CC1. The smallest absolute Gasteiger partial charge is 0.209 e. The normalized spacial score (nSPS) is 26.3. The summed E-state index contributed by atoms with van der Waals surface area (Å²) in [6.07, 6.45) is 3.94. The summed E-state index contributed by atoms with van der Waals surface area (Å²) in [6.45, 7) is 1.95. The number of aliphatic hydroxyl groups excluding tert-OH is 1. The number of aliphatic hydroxyl groups is 1. The maximum atomic E-state index is 10.4. The Bertz CT molecular complexity index is 127. The monoisotopic (exact) mass is 157 g/mol. The molecule has 1 rings (SSSR count). The minimum Gasteiger partial charge on any atom is -0.396 e. The minimum atomic E-state index is 0.271. The number of rotatable bonds is 2. The summed E-state index contributed by atoms with van der Waals surface area (Å²) in [4.78, 5) is 12.2. The third kappa shape index (κ3) is 2.50. The Kier molecular flexibility index (Phi) is 3.36. The van der Waals surface area contributed by atoms with Crippen molar-refractivity contribution < 1.29 is 9.90 Å². The molecule has 1 aliphatic heterocycles. The van der Waals surface area contributed by atoms with Gasteiger partial charge >= 0.3 is 0 Å². The quantitative estimate of drug-likeness (QED) is 0.583. The first-order valence-corrected chi connectivity index (χ1v) is 4.17. The number of hydrogen-bond donors (Lipinski definition) is 1. The molecular weight excluding hydrogens is 142 g/mol. The molecule has 11 heavy (non-hydrogen) atoms. The lowest BCUT2D eigenvalue weighted by Gasteiger charge is -2.13. The highest BCUT2D eigenvalue weighted by Gasteiger charge is 2.14. The number of likely N-dealkylation sites (tertiary alicyclic amines) is 1. The predicted molar refractivity (Wildman–Crippen MR) is 42.1 cm³/mol. The van der Waals surface area contributed by atoms with Crippen molar-refractivity contribution in [1.82, 2.24) is 4.90 Å². The van der Waals surface area contributed by atoms with Crippen molar-refractivity contribution in [3.8, 4) is 0 Å². The van der Waals surface area contributed by atoms with E-state index >= 15 is 0 Å². The molecule has 0 bridgehead atoms. The van der Waals surface area contributed by atoms with Crippen molar-refractivity contribution in [3.63, 3.8) is 0 Å². The molecule has 1 aliphatic rings. The first-order valence-electron chi connectivity index (χ1n) is 4.17. The van der Waals surface area contributed by atoms with Gasteiger partial charge in [0.25, 0.3) is 0 Å². The maximum Gasteiger partial charge on any atom is 0.209 e. The Hall–Kier alpha value is -0.570. The second-order valence-corrected chi connectivity index (χ2v) is 3.12. The van der Waals surface area contributed by atoms with Gasteiger partial charge in [0.1, 0.15) is 0 Å².